The van der Waals surface area contributed by atoms with Gasteiger partial charge in [0.15, 0.2) is 5.75 Å². The van der Waals surface area contributed by atoms with Crippen molar-refractivity contribution < 1.29 is 9.47 Å². The molecule has 0 spiro atoms. The van der Waals surface area contributed by atoms with Crippen molar-refractivity contribution in [2.24, 2.45) is 5.73 Å². The molecule has 0 radical (unpaired) electrons. The smallest absolute Gasteiger partial charge is 0.156 e. The zero-order valence-corrected chi connectivity index (χ0v) is 12.2. The first-order chi connectivity index (χ1) is 8.20. The fourth-order valence-corrected chi connectivity index (χ4v) is 2.42. The van der Waals surface area contributed by atoms with Crippen LogP contribution in [-0.4, -0.2) is 19.3 Å². The van der Waals surface area contributed by atoms with Crippen molar-refractivity contribution in [2.45, 2.75) is 25.5 Å². The quantitative estimate of drug-likeness (QED) is 0.930. The second-order valence-corrected chi connectivity index (χ2v) is 4.84. The van der Waals surface area contributed by atoms with Crippen LogP contribution < -0.4 is 10.5 Å². The van der Waals surface area contributed by atoms with Crippen molar-refractivity contribution in [1.29, 1.82) is 0 Å². The summed E-state index contributed by atoms with van der Waals surface area (Å²) >= 11 is 12.3. The molecule has 0 aliphatic carbocycles. The van der Waals surface area contributed by atoms with Crippen LogP contribution in [0.2, 0.25) is 10.0 Å². The second-order valence-electron chi connectivity index (χ2n) is 4.02. The minimum atomic E-state index is 0. The highest BCUT2D eigenvalue weighted by Gasteiger charge is 2.18. The Kier molecular flexibility index (Phi) is 6.53. The molecule has 0 atom stereocenters. The molecule has 2 rings (SSSR count). The van der Waals surface area contributed by atoms with Crippen molar-refractivity contribution >= 4 is 35.6 Å². The number of rotatable bonds is 3. The highest BCUT2D eigenvalue weighted by Crippen LogP contribution is 2.35. The summed E-state index contributed by atoms with van der Waals surface area (Å²) in [6, 6.07) is 3.59. The van der Waals surface area contributed by atoms with E-state index in [1.54, 1.807) is 12.1 Å². The molecule has 1 fully saturated rings. The molecular formula is C12H16Cl3NO2. The summed E-state index contributed by atoms with van der Waals surface area (Å²) in [6.45, 7) is 1.86. The Balaban J connectivity index is 0.00000162. The monoisotopic (exact) mass is 311 g/mol. The average molecular weight is 313 g/mol. The molecule has 1 aromatic carbocycles. The molecular weight excluding hydrogens is 296 g/mol. The van der Waals surface area contributed by atoms with E-state index in [4.69, 9.17) is 38.4 Å². The lowest BCUT2D eigenvalue weighted by atomic mass is 10.1. The lowest BCUT2D eigenvalue weighted by molar-refractivity contribution is 0.0256. The fourth-order valence-electron chi connectivity index (χ4n) is 1.80. The molecule has 1 aliphatic heterocycles. The minimum Gasteiger partial charge on any atom is -0.487 e. The molecule has 102 valence electrons. The predicted octanol–water partition coefficient (Wildman–Crippen LogP) is 3.43. The number of nitrogens with two attached hydrogens (primary N) is 1. The summed E-state index contributed by atoms with van der Waals surface area (Å²) in [7, 11) is 0. The van der Waals surface area contributed by atoms with Crippen LogP contribution >= 0.6 is 35.6 Å². The number of halogens is 3. The van der Waals surface area contributed by atoms with Crippen LogP contribution in [0.5, 0.6) is 5.75 Å². The highest BCUT2D eigenvalue weighted by atomic mass is 35.5. The van der Waals surface area contributed by atoms with Gasteiger partial charge in [-0.25, -0.2) is 0 Å². The maximum Gasteiger partial charge on any atom is 0.156 e. The second kappa shape index (κ2) is 7.41. The Morgan fingerprint density at radius 2 is 1.78 bits per heavy atom. The molecule has 0 aromatic heterocycles. The number of hydrogen-bond acceptors (Lipinski definition) is 3. The van der Waals surface area contributed by atoms with E-state index in [1.807, 2.05) is 0 Å². The van der Waals surface area contributed by atoms with Gasteiger partial charge in [-0.3, -0.25) is 0 Å². The SMILES string of the molecule is Cl.NCc1cc(Cl)c(OC2CCOCC2)c(Cl)c1. The van der Waals surface area contributed by atoms with Gasteiger partial charge >= 0.3 is 0 Å². The van der Waals surface area contributed by atoms with E-state index in [-0.39, 0.29) is 18.5 Å². The van der Waals surface area contributed by atoms with Crippen LogP contribution in [-0.2, 0) is 11.3 Å². The van der Waals surface area contributed by atoms with Gasteiger partial charge < -0.3 is 15.2 Å². The molecule has 6 heteroatoms. The van der Waals surface area contributed by atoms with Crippen molar-refractivity contribution in [3.8, 4) is 5.75 Å². The van der Waals surface area contributed by atoms with Gasteiger partial charge in [0, 0.05) is 19.4 Å². The first kappa shape index (κ1) is 15.9. The Bertz CT molecular complexity index is 372. The van der Waals surface area contributed by atoms with Crippen molar-refractivity contribution in [3.63, 3.8) is 0 Å². The Labute approximate surface area is 123 Å². The van der Waals surface area contributed by atoms with E-state index in [0.717, 1.165) is 31.6 Å². The molecule has 2 N–H and O–H groups in total. The van der Waals surface area contributed by atoms with Gasteiger partial charge in [-0.05, 0) is 17.7 Å². The van der Waals surface area contributed by atoms with E-state index in [0.29, 0.717) is 22.3 Å². The van der Waals surface area contributed by atoms with E-state index < -0.39 is 0 Å². The van der Waals surface area contributed by atoms with Gasteiger partial charge in [0.25, 0.3) is 0 Å². The first-order valence-corrected chi connectivity index (χ1v) is 6.38. The molecule has 0 amide bonds. The van der Waals surface area contributed by atoms with Crippen molar-refractivity contribution in [3.05, 3.63) is 27.7 Å². The lowest BCUT2D eigenvalue weighted by Gasteiger charge is -2.24. The third kappa shape index (κ3) is 3.90. The summed E-state index contributed by atoms with van der Waals surface area (Å²) in [6.07, 6.45) is 1.86. The molecule has 1 saturated heterocycles. The van der Waals surface area contributed by atoms with Gasteiger partial charge in [-0.15, -0.1) is 12.4 Å². The number of hydrogen-bond donors (Lipinski definition) is 1. The minimum absolute atomic E-state index is 0. The van der Waals surface area contributed by atoms with E-state index >= 15 is 0 Å². The van der Waals surface area contributed by atoms with Crippen LogP contribution in [0.1, 0.15) is 18.4 Å². The molecule has 3 nitrogen and oxygen atoms in total. The Morgan fingerprint density at radius 3 is 2.28 bits per heavy atom. The zero-order valence-electron chi connectivity index (χ0n) is 9.83. The van der Waals surface area contributed by atoms with Crippen LogP contribution in [0, 0.1) is 0 Å². The molecule has 1 heterocycles. The molecule has 18 heavy (non-hydrogen) atoms. The van der Waals surface area contributed by atoms with Crippen LogP contribution in [0.3, 0.4) is 0 Å². The van der Waals surface area contributed by atoms with Gasteiger partial charge in [0.2, 0.25) is 0 Å². The van der Waals surface area contributed by atoms with E-state index in [2.05, 4.69) is 0 Å². The summed E-state index contributed by atoms with van der Waals surface area (Å²) in [5.74, 6) is 0.553. The molecule has 1 aliphatic rings. The van der Waals surface area contributed by atoms with E-state index in [1.165, 1.54) is 0 Å². The summed E-state index contributed by atoms with van der Waals surface area (Å²) in [5, 5.41) is 1.04. The average Bonchev–Trinajstić information content (AvgIpc) is 2.35. The van der Waals surface area contributed by atoms with Gasteiger partial charge in [-0.2, -0.15) is 0 Å². The van der Waals surface area contributed by atoms with E-state index in [9.17, 15) is 0 Å². The van der Waals surface area contributed by atoms with Crippen LogP contribution in [0.4, 0.5) is 0 Å². The maximum absolute atomic E-state index is 6.14. The van der Waals surface area contributed by atoms with Gasteiger partial charge in [-0.1, -0.05) is 23.2 Å². The summed E-state index contributed by atoms with van der Waals surface area (Å²) in [4.78, 5) is 0. The molecule has 0 bridgehead atoms. The Morgan fingerprint density at radius 1 is 1.22 bits per heavy atom. The van der Waals surface area contributed by atoms with Crippen LogP contribution in [0.25, 0.3) is 0 Å². The first-order valence-electron chi connectivity index (χ1n) is 5.63. The summed E-state index contributed by atoms with van der Waals surface area (Å²) < 4.78 is 11.1. The topological polar surface area (TPSA) is 44.5 Å². The highest BCUT2D eigenvalue weighted by molar-refractivity contribution is 6.37. The zero-order chi connectivity index (χ0) is 12.3. The van der Waals surface area contributed by atoms with Crippen molar-refractivity contribution in [1.82, 2.24) is 0 Å². The lowest BCUT2D eigenvalue weighted by Crippen LogP contribution is -2.26. The van der Waals surface area contributed by atoms with Gasteiger partial charge in [0.05, 0.1) is 23.3 Å². The fraction of sp³-hybridized carbons (Fsp3) is 0.500. The normalized spacial score (nSPS) is 16.2. The Hall–Kier alpha value is -0.190. The molecule has 1 aromatic rings. The van der Waals surface area contributed by atoms with Crippen LogP contribution in [0.15, 0.2) is 12.1 Å². The third-order valence-electron chi connectivity index (χ3n) is 2.75. The van der Waals surface area contributed by atoms with Crippen molar-refractivity contribution in [2.75, 3.05) is 13.2 Å². The third-order valence-corrected chi connectivity index (χ3v) is 3.31. The number of ether oxygens (including phenoxy) is 2. The predicted molar refractivity (Wildman–Crippen MR) is 76.1 cm³/mol. The number of benzene rings is 1. The summed E-state index contributed by atoms with van der Waals surface area (Å²) in [5.41, 5.74) is 6.45. The molecule has 0 saturated carbocycles. The maximum atomic E-state index is 6.14. The largest absolute Gasteiger partial charge is 0.487 e. The standard InChI is InChI=1S/C12H15Cl2NO2.ClH/c13-10-5-8(7-15)6-11(14)12(10)17-9-1-3-16-4-2-9;/h5-6,9H,1-4,7,15H2;1H. The van der Waals surface area contributed by atoms with Gasteiger partial charge in [0.1, 0.15) is 6.10 Å². The molecule has 0 unspecified atom stereocenters.